The zero-order chi connectivity index (χ0) is 44.0. The van der Waals surface area contributed by atoms with E-state index < -0.39 is 71.8 Å². The quantitative estimate of drug-likeness (QED) is 0.130. The number of aromatic hydroxyl groups is 2. The number of hydrogen-bond acceptors (Lipinski definition) is 11. The minimum atomic E-state index is -1.22. The normalized spacial score (nSPS) is 14.3. The van der Waals surface area contributed by atoms with Gasteiger partial charge in [0.1, 0.15) is 41.4 Å². The number of phenolic OH excluding ortho intramolecular Hbond substituents is 2. The third kappa shape index (κ3) is 13.5. The van der Waals surface area contributed by atoms with Crippen molar-refractivity contribution in [1.29, 1.82) is 0 Å². The Labute approximate surface area is 348 Å². The number of methoxy groups -OCH3 is 2. The topological polar surface area (TPSA) is 175 Å². The number of likely N-dealkylation sites (N-methyl/N-ethyl adjacent to an activating group) is 3. The van der Waals surface area contributed by atoms with E-state index in [-0.39, 0.29) is 24.3 Å². The van der Waals surface area contributed by atoms with E-state index in [1.807, 2.05) is 19.1 Å². The van der Waals surface area contributed by atoms with Gasteiger partial charge in [0.05, 0.1) is 14.2 Å². The van der Waals surface area contributed by atoms with Gasteiger partial charge in [0.15, 0.2) is 6.10 Å². The molecule has 322 valence electrons. The molecule has 0 heterocycles. The van der Waals surface area contributed by atoms with Crippen molar-refractivity contribution in [3.63, 3.8) is 0 Å². The maximum Gasteiger partial charge on any atom is 0.328 e. The second kappa shape index (κ2) is 22.5. The van der Waals surface area contributed by atoms with Gasteiger partial charge in [0, 0.05) is 26.4 Å². The number of carbonyl (C=O) groups excluding carboxylic acids is 5. The number of aryl methyl sites for hydroxylation is 1. The first-order valence-corrected chi connectivity index (χ1v) is 19.9. The van der Waals surface area contributed by atoms with Crippen molar-refractivity contribution in [1.82, 2.24) is 20.0 Å². The van der Waals surface area contributed by atoms with Crippen LogP contribution in [0.1, 0.15) is 57.2 Å². The van der Waals surface area contributed by atoms with Gasteiger partial charge < -0.3 is 39.5 Å². The third-order valence-electron chi connectivity index (χ3n) is 10.8. The van der Waals surface area contributed by atoms with E-state index in [4.69, 9.17) is 14.2 Å². The van der Waals surface area contributed by atoms with Crippen molar-refractivity contribution in [2.45, 2.75) is 90.1 Å². The molecule has 59 heavy (non-hydrogen) atoms. The van der Waals surface area contributed by atoms with Crippen LogP contribution < -0.4 is 10.1 Å². The molecule has 3 aromatic carbocycles. The van der Waals surface area contributed by atoms with Crippen molar-refractivity contribution < 1.29 is 48.4 Å². The van der Waals surface area contributed by atoms with Crippen molar-refractivity contribution in [3.8, 4) is 17.2 Å². The van der Waals surface area contributed by atoms with Crippen molar-refractivity contribution in [2.24, 2.45) is 11.8 Å². The van der Waals surface area contributed by atoms with Crippen LogP contribution in [0.4, 0.5) is 0 Å². The Morgan fingerprint density at radius 1 is 0.661 bits per heavy atom. The number of carbonyl (C=O) groups is 5. The Morgan fingerprint density at radius 2 is 1.15 bits per heavy atom. The summed E-state index contributed by atoms with van der Waals surface area (Å²) >= 11 is 0. The van der Waals surface area contributed by atoms with E-state index >= 15 is 0 Å². The Bertz CT molecular complexity index is 1830. The summed E-state index contributed by atoms with van der Waals surface area (Å²) in [5.41, 5.74) is 2.33. The van der Waals surface area contributed by atoms with Gasteiger partial charge in [-0.25, -0.2) is 4.79 Å². The Balaban J connectivity index is 1.90. The molecule has 0 spiro atoms. The molecule has 0 radical (unpaired) electrons. The number of esters is 2. The number of nitrogens with zero attached hydrogens (tertiary/aromatic N) is 3. The van der Waals surface area contributed by atoms with Gasteiger partial charge in [-0.05, 0) is 98.8 Å². The highest BCUT2D eigenvalue weighted by Crippen LogP contribution is 2.22. The van der Waals surface area contributed by atoms with Gasteiger partial charge in [-0.2, -0.15) is 0 Å². The number of hydrogen-bond donors (Lipinski definition) is 3. The summed E-state index contributed by atoms with van der Waals surface area (Å²) in [5.74, 6) is -3.06. The number of ether oxygens (including phenoxy) is 3. The minimum absolute atomic E-state index is 0.0174. The first kappa shape index (κ1) is 47.7. The molecule has 0 saturated heterocycles. The summed E-state index contributed by atoms with van der Waals surface area (Å²) in [6.07, 6.45) is 0.193. The molecule has 0 saturated carbocycles. The monoisotopic (exact) mass is 818 g/mol. The van der Waals surface area contributed by atoms with Crippen molar-refractivity contribution >= 4 is 29.7 Å². The zero-order valence-electron chi connectivity index (χ0n) is 36.0. The maximum absolute atomic E-state index is 14.5. The molecule has 0 bridgehead atoms. The van der Waals surface area contributed by atoms with E-state index in [1.165, 1.54) is 55.3 Å². The van der Waals surface area contributed by atoms with Gasteiger partial charge in [0.25, 0.3) is 5.91 Å². The van der Waals surface area contributed by atoms with Crippen LogP contribution in [0.2, 0.25) is 0 Å². The molecule has 3 rings (SSSR count). The summed E-state index contributed by atoms with van der Waals surface area (Å²) in [6, 6.07) is 16.1. The summed E-state index contributed by atoms with van der Waals surface area (Å²) in [6.45, 7) is 7.20. The molecule has 0 unspecified atom stereocenters. The SMILES string of the molecule is CC[C@@H](C)[C@H](OC(=O)[C@H](Cc1ccc(OC)cc1)N(C)C)C(=O)N[C@@H](C(=O)N(C)[C@@H](Cc1ccc(O)cc1)C(=O)N(C)[C@H](CCc1ccc(O)cc1)C(=O)OC)C(C)C. The minimum Gasteiger partial charge on any atom is -0.508 e. The molecule has 3 aromatic rings. The Hall–Kier alpha value is -5.63. The fourth-order valence-corrected chi connectivity index (χ4v) is 6.63. The van der Waals surface area contributed by atoms with E-state index in [2.05, 4.69) is 5.32 Å². The van der Waals surface area contributed by atoms with E-state index in [0.717, 1.165) is 11.1 Å². The highest BCUT2D eigenvalue weighted by Gasteiger charge is 2.40. The zero-order valence-corrected chi connectivity index (χ0v) is 36.0. The second-order valence-corrected chi connectivity index (χ2v) is 15.5. The molecular formula is C45H62N4O10. The molecule has 3 amide bonds. The molecule has 14 heteroatoms. The number of phenols is 2. The maximum atomic E-state index is 14.5. The Morgan fingerprint density at radius 3 is 1.63 bits per heavy atom. The lowest BCUT2D eigenvalue weighted by molar-refractivity contribution is -0.164. The standard InChI is InChI=1S/C45H62N4O10/c1-11-29(4)40(59-45(56)38(47(5)6)27-32-16-23-35(57-9)24-17-32)41(52)46-39(28(2)3)43(54)49(8)37(26-31-14-21-34(51)22-15-31)42(53)48(7)36(44(55)58-10)25-18-30-12-19-33(50)20-13-30/h12-17,19-24,28-29,36-40,50-51H,11,18,25-27H2,1-10H3,(H,46,52)/t29-,36-,37+,38+,39-,40+/m1/s1. The molecular weight excluding hydrogens is 757 g/mol. The summed E-state index contributed by atoms with van der Waals surface area (Å²) in [5, 5.41) is 22.5. The molecule has 0 aromatic heterocycles. The number of amides is 3. The summed E-state index contributed by atoms with van der Waals surface area (Å²) in [4.78, 5) is 74.3. The lowest BCUT2D eigenvalue weighted by atomic mass is 9.96. The van der Waals surface area contributed by atoms with E-state index in [1.54, 1.807) is 83.3 Å². The smallest absolute Gasteiger partial charge is 0.328 e. The van der Waals surface area contributed by atoms with Crippen LogP contribution in [-0.2, 0) is 52.7 Å². The number of nitrogens with one attached hydrogen (secondary N) is 1. The number of benzene rings is 3. The fourth-order valence-electron chi connectivity index (χ4n) is 6.63. The largest absolute Gasteiger partial charge is 0.508 e. The predicted octanol–water partition coefficient (Wildman–Crippen LogP) is 4.38. The van der Waals surface area contributed by atoms with Crippen LogP contribution in [0.5, 0.6) is 17.2 Å². The van der Waals surface area contributed by atoms with E-state index in [9.17, 15) is 34.2 Å². The van der Waals surface area contributed by atoms with Crippen LogP contribution in [0.25, 0.3) is 0 Å². The highest BCUT2D eigenvalue weighted by molar-refractivity contribution is 5.95. The van der Waals surface area contributed by atoms with Gasteiger partial charge in [-0.1, -0.05) is 64.1 Å². The van der Waals surface area contributed by atoms with E-state index in [0.29, 0.717) is 30.6 Å². The first-order valence-electron chi connectivity index (χ1n) is 19.9. The van der Waals surface area contributed by atoms with Crippen LogP contribution in [0, 0.1) is 11.8 Å². The average molecular weight is 819 g/mol. The van der Waals surface area contributed by atoms with Crippen LogP contribution >= 0.6 is 0 Å². The molecule has 0 fully saturated rings. The summed E-state index contributed by atoms with van der Waals surface area (Å²) in [7, 11) is 9.27. The van der Waals surface area contributed by atoms with Crippen LogP contribution in [-0.4, -0.2) is 127 Å². The predicted molar refractivity (Wildman–Crippen MR) is 224 cm³/mol. The van der Waals surface area contributed by atoms with Crippen molar-refractivity contribution in [2.75, 3.05) is 42.4 Å². The van der Waals surface area contributed by atoms with Gasteiger partial charge in [-0.3, -0.25) is 24.1 Å². The van der Waals surface area contributed by atoms with Gasteiger partial charge >= 0.3 is 11.9 Å². The number of rotatable bonds is 21. The molecule has 0 aliphatic rings. The van der Waals surface area contributed by atoms with Crippen molar-refractivity contribution in [3.05, 3.63) is 89.5 Å². The lowest BCUT2D eigenvalue weighted by Gasteiger charge is -2.36. The van der Waals surface area contributed by atoms with Crippen LogP contribution in [0.15, 0.2) is 72.8 Å². The average Bonchev–Trinajstić information content (AvgIpc) is 3.22. The van der Waals surface area contributed by atoms with Gasteiger partial charge in [0.2, 0.25) is 11.8 Å². The molecule has 6 atom stereocenters. The molecule has 0 aliphatic carbocycles. The molecule has 3 N–H and O–H groups in total. The second-order valence-electron chi connectivity index (χ2n) is 15.5. The third-order valence-corrected chi connectivity index (χ3v) is 10.8. The fraction of sp³-hybridized carbons (Fsp3) is 0.489. The summed E-state index contributed by atoms with van der Waals surface area (Å²) < 4.78 is 16.3. The van der Waals surface area contributed by atoms with Gasteiger partial charge in [-0.15, -0.1) is 0 Å². The molecule has 0 aliphatic heterocycles. The molecule has 14 nitrogen and oxygen atoms in total. The first-order chi connectivity index (χ1) is 27.9. The Kier molecular flexibility index (Phi) is 18.2. The van der Waals surface area contributed by atoms with Crippen LogP contribution in [0.3, 0.4) is 0 Å². The lowest BCUT2D eigenvalue weighted by Crippen LogP contribution is -2.59. The highest BCUT2D eigenvalue weighted by atomic mass is 16.6.